The molecule has 12 heteroatoms. The summed E-state index contributed by atoms with van der Waals surface area (Å²) in [6.07, 6.45) is 8.29. The Morgan fingerprint density at radius 2 is 1.08 bits per heavy atom. The molecule has 278 valence electrons. The van der Waals surface area contributed by atoms with Gasteiger partial charge in [-0.3, -0.25) is 28.8 Å². The number of amides is 2. The summed E-state index contributed by atoms with van der Waals surface area (Å²) < 4.78 is 23.6. The molecule has 0 saturated heterocycles. The summed E-state index contributed by atoms with van der Waals surface area (Å²) in [5.74, 6) is -1.11. The first-order valence-corrected chi connectivity index (χ1v) is 17.2. The molecule has 0 rings (SSSR count). The van der Waals surface area contributed by atoms with Gasteiger partial charge in [0.05, 0.1) is 31.7 Å². The van der Waals surface area contributed by atoms with Gasteiger partial charge in [0, 0.05) is 64.0 Å². The van der Waals surface area contributed by atoms with Crippen LogP contribution in [0.2, 0.25) is 0 Å². The number of nitrogens with one attached hydrogen (secondary N) is 2. The first-order valence-electron chi connectivity index (χ1n) is 17.2. The zero-order valence-corrected chi connectivity index (χ0v) is 30.1. The standard InChI is InChI=1S/C37H60N2O10/c1-7-30(40)16-10-12-23-46-26-37(27-47-24-13-11-17-31(41)8-2,28-48-25-15-22-38-33(43)9-3)29-49-35(45)20-19-34(44)39-21-14-18-32(42)36(4,5)6/h7-9H,1-3,10-29H2,4-6H3,(H,38,43)(H,39,44). The molecule has 2 amide bonds. The number of hydrogen-bond donors (Lipinski definition) is 2. The van der Waals surface area contributed by atoms with Crippen LogP contribution in [-0.2, 0) is 47.7 Å². The number of Topliss-reactive ketones (excluding diaryl/α,β-unsaturated/α-hetero) is 1. The van der Waals surface area contributed by atoms with E-state index in [0.717, 1.165) is 0 Å². The zero-order valence-electron chi connectivity index (χ0n) is 30.1. The molecule has 49 heavy (non-hydrogen) atoms. The number of unbranched alkanes of at least 4 members (excludes halogenated alkanes) is 2. The monoisotopic (exact) mass is 692 g/mol. The van der Waals surface area contributed by atoms with Crippen LogP contribution in [0.25, 0.3) is 0 Å². The average Bonchev–Trinajstić information content (AvgIpc) is 3.07. The van der Waals surface area contributed by atoms with Crippen LogP contribution in [0.5, 0.6) is 0 Å². The molecule has 0 fully saturated rings. The maximum absolute atomic E-state index is 12.7. The minimum Gasteiger partial charge on any atom is -0.465 e. The van der Waals surface area contributed by atoms with Gasteiger partial charge < -0.3 is 29.6 Å². The summed E-state index contributed by atoms with van der Waals surface area (Å²) in [7, 11) is 0. The number of ketones is 3. The van der Waals surface area contributed by atoms with Crippen molar-refractivity contribution in [2.75, 3.05) is 59.3 Å². The van der Waals surface area contributed by atoms with E-state index < -0.39 is 16.8 Å². The Morgan fingerprint density at radius 3 is 1.57 bits per heavy atom. The van der Waals surface area contributed by atoms with Gasteiger partial charge in [-0.05, 0) is 56.8 Å². The van der Waals surface area contributed by atoms with Crippen molar-refractivity contribution in [1.29, 1.82) is 0 Å². The summed E-state index contributed by atoms with van der Waals surface area (Å²) in [5.41, 5.74) is -1.32. The molecule has 12 nitrogen and oxygen atoms in total. The van der Waals surface area contributed by atoms with Crippen molar-refractivity contribution in [3.05, 3.63) is 38.0 Å². The predicted molar refractivity (Wildman–Crippen MR) is 188 cm³/mol. The SMILES string of the molecule is C=CC(=O)CCCCOCC(COCCCCC(=O)C=C)(COCCCNC(=O)C=C)COC(=O)CCC(=O)NCCCC(=O)C(C)(C)C. The van der Waals surface area contributed by atoms with Crippen LogP contribution in [0.4, 0.5) is 0 Å². The number of ether oxygens (including phenoxy) is 4. The maximum Gasteiger partial charge on any atom is 0.306 e. The largest absolute Gasteiger partial charge is 0.465 e. The third kappa shape index (κ3) is 25.2. The molecule has 0 saturated carbocycles. The smallest absolute Gasteiger partial charge is 0.306 e. The van der Waals surface area contributed by atoms with Crippen molar-refractivity contribution in [2.24, 2.45) is 10.8 Å². The van der Waals surface area contributed by atoms with Crippen molar-refractivity contribution >= 4 is 35.1 Å². The third-order valence-electron chi connectivity index (χ3n) is 7.39. The lowest BCUT2D eigenvalue weighted by molar-refractivity contribution is -0.156. The Balaban J connectivity index is 5.28. The molecule has 0 bridgehead atoms. The van der Waals surface area contributed by atoms with Crippen molar-refractivity contribution in [2.45, 2.75) is 91.4 Å². The molecule has 0 spiro atoms. The lowest BCUT2D eigenvalue weighted by atomic mass is 9.88. The second-order valence-electron chi connectivity index (χ2n) is 13.0. The summed E-state index contributed by atoms with van der Waals surface area (Å²) >= 11 is 0. The van der Waals surface area contributed by atoms with Crippen molar-refractivity contribution in [3.63, 3.8) is 0 Å². The van der Waals surface area contributed by atoms with Gasteiger partial charge in [-0.2, -0.15) is 0 Å². The van der Waals surface area contributed by atoms with E-state index in [1.165, 1.54) is 18.2 Å². The lowest BCUT2D eigenvalue weighted by Crippen LogP contribution is -2.42. The highest BCUT2D eigenvalue weighted by Gasteiger charge is 2.34. The maximum atomic E-state index is 12.7. The summed E-state index contributed by atoms with van der Waals surface area (Å²) in [5, 5.41) is 5.43. The fourth-order valence-corrected chi connectivity index (χ4v) is 4.25. The van der Waals surface area contributed by atoms with E-state index in [9.17, 15) is 28.8 Å². The summed E-state index contributed by atoms with van der Waals surface area (Å²) in [6, 6.07) is 0. The summed E-state index contributed by atoms with van der Waals surface area (Å²) in [6.45, 7) is 18.0. The quantitative estimate of drug-likeness (QED) is 0.0587. The number of hydrogen-bond acceptors (Lipinski definition) is 10. The van der Waals surface area contributed by atoms with E-state index in [-0.39, 0.29) is 68.4 Å². The third-order valence-corrected chi connectivity index (χ3v) is 7.39. The molecule has 0 aliphatic carbocycles. The Morgan fingerprint density at radius 1 is 0.571 bits per heavy atom. The fourth-order valence-electron chi connectivity index (χ4n) is 4.25. The Labute approximate surface area is 292 Å². The van der Waals surface area contributed by atoms with Gasteiger partial charge in [-0.1, -0.05) is 40.5 Å². The molecule has 0 aromatic carbocycles. The van der Waals surface area contributed by atoms with Crippen LogP contribution in [0.15, 0.2) is 38.0 Å². The second kappa shape index (κ2) is 27.4. The van der Waals surface area contributed by atoms with E-state index in [0.29, 0.717) is 90.7 Å². The fraction of sp³-hybridized carbons (Fsp3) is 0.676. The average molecular weight is 693 g/mol. The van der Waals surface area contributed by atoms with Gasteiger partial charge in [-0.25, -0.2) is 0 Å². The topological polar surface area (TPSA) is 163 Å². The van der Waals surface area contributed by atoms with Gasteiger partial charge in [0.25, 0.3) is 0 Å². The van der Waals surface area contributed by atoms with E-state index >= 15 is 0 Å². The Hall–Kier alpha value is -3.48. The summed E-state index contributed by atoms with van der Waals surface area (Å²) in [4.78, 5) is 71.6. The van der Waals surface area contributed by atoms with Gasteiger partial charge in [0.15, 0.2) is 11.6 Å². The highest BCUT2D eigenvalue weighted by atomic mass is 16.5. The number of carbonyl (C=O) groups is 6. The van der Waals surface area contributed by atoms with E-state index in [1.54, 1.807) is 0 Å². The van der Waals surface area contributed by atoms with Crippen molar-refractivity contribution in [3.8, 4) is 0 Å². The van der Waals surface area contributed by atoms with Crippen LogP contribution in [-0.4, -0.2) is 94.5 Å². The predicted octanol–water partition coefficient (Wildman–Crippen LogP) is 4.40. The first kappa shape index (κ1) is 45.5. The number of carbonyl (C=O) groups excluding carboxylic acids is 6. The lowest BCUT2D eigenvalue weighted by Gasteiger charge is -2.32. The molecule has 0 aliphatic heterocycles. The zero-order chi connectivity index (χ0) is 37.0. The highest BCUT2D eigenvalue weighted by Crippen LogP contribution is 2.22. The van der Waals surface area contributed by atoms with Gasteiger partial charge in [0.1, 0.15) is 12.4 Å². The molecule has 2 N–H and O–H groups in total. The minimum atomic E-state index is -0.893. The molecule has 0 radical (unpaired) electrons. The van der Waals surface area contributed by atoms with Crippen LogP contribution in [0.3, 0.4) is 0 Å². The first-order chi connectivity index (χ1) is 23.3. The van der Waals surface area contributed by atoms with Crippen LogP contribution in [0, 0.1) is 10.8 Å². The van der Waals surface area contributed by atoms with Gasteiger partial charge >= 0.3 is 5.97 Å². The number of allylic oxidation sites excluding steroid dienone is 2. The molecule has 0 aromatic heterocycles. The van der Waals surface area contributed by atoms with Crippen LogP contribution >= 0.6 is 0 Å². The van der Waals surface area contributed by atoms with Crippen molar-refractivity contribution in [1.82, 2.24) is 10.6 Å². The number of esters is 1. The van der Waals surface area contributed by atoms with E-state index in [2.05, 4.69) is 30.4 Å². The molecule has 0 atom stereocenters. The molecule has 0 unspecified atom stereocenters. The molecule has 0 aromatic rings. The van der Waals surface area contributed by atoms with Crippen LogP contribution < -0.4 is 10.6 Å². The number of rotatable bonds is 32. The van der Waals surface area contributed by atoms with Gasteiger partial charge in [-0.15, -0.1) is 0 Å². The van der Waals surface area contributed by atoms with E-state index in [4.69, 9.17) is 18.9 Å². The normalized spacial score (nSPS) is 11.3. The molecular weight excluding hydrogens is 632 g/mol. The molecular formula is C37H60N2O10. The van der Waals surface area contributed by atoms with Crippen molar-refractivity contribution < 1.29 is 47.7 Å². The minimum absolute atomic E-state index is 0.0357. The molecule has 0 aliphatic rings. The Bertz CT molecular complexity index is 985. The van der Waals surface area contributed by atoms with Crippen LogP contribution in [0.1, 0.15) is 91.4 Å². The Kier molecular flexibility index (Phi) is 25.4. The second-order valence-corrected chi connectivity index (χ2v) is 13.0. The van der Waals surface area contributed by atoms with E-state index in [1.807, 2.05) is 20.8 Å². The highest BCUT2D eigenvalue weighted by molar-refractivity contribution is 5.89. The molecule has 0 heterocycles. The van der Waals surface area contributed by atoms with Gasteiger partial charge in [0.2, 0.25) is 11.8 Å².